The Balaban J connectivity index is 2.70. The zero-order chi connectivity index (χ0) is 43.0. The topological polar surface area (TPSA) is 152 Å². The standard InChI is InChI=1S/C44H68O10P2/c1-17-51-55(49,52-18-2)39(27-21-31(41(5,6)7)37(47)32(22-27)42(8,9)10)29-25-30(36(46)26-35(29)45)40(56(50,53-19-3)54-20-4)28-23-33(43(11,12)13)38(48)34(24-28)44(14,15)16/h21-26,39-40,45-48H,17-20H2,1-16H3. The van der Waals surface area contributed by atoms with Gasteiger partial charge in [0, 0.05) is 17.2 Å². The summed E-state index contributed by atoms with van der Waals surface area (Å²) in [5.41, 5.74) is -1.41. The number of phenolic OH excluding ortho intramolecular Hbond substituents is 4. The zero-order valence-electron chi connectivity index (χ0n) is 36.6. The fourth-order valence-electron chi connectivity index (χ4n) is 7.12. The summed E-state index contributed by atoms with van der Waals surface area (Å²) >= 11 is 0. The molecule has 0 saturated heterocycles. The van der Waals surface area contributed by atoms with E-state index >= 15 is 9.13 Å². The number of aromatic hydroxyl groups is 4. The predicted molar refractivity (Wildman–Crippen MR) is 226 cm³/mol. The van der Waals surface area contributed by atoms with Gasteiger partial charge in [0.2, 0.25) is 0 Å². The normalized spacial score (nSPS) is 14.6. The first-order valence-corrected chi connectivity index (χ1v) is 22.8. The van der Waals surface area contributed by atoms with Gasteiger partial charge < -0.3 is 38.5 Å². The largest absolute Gasteiger partial charge is 0.507 e. The Hall–Kier alpha value is -2.84. The van der Waals surface area contributed by atoms with E-state index in [0.29, 0.717) is 33.4 Å². The molecule has 2 unspecified atom stereocenters. The highest BCUT2D eigenvalue weighted by atomic mass is 31.2. The second-order valence-corrected chi connectivity index (χ2v) is 22.7. The van der Waals surface area contributed by atoms with Crippen LogP contribution in [0.4, 0.5) is 0 Å². The lowest BCUT2D eigenvalue weighted by Crippen LogP contribution is -2.20. The average Bonchev–Trinajstić information content (AvgIpc) is 3.02. The molecule has 0 saturated carbocycles. The molecule has 0 aliphatic rings. The lowest BCUT2D eigenvalue weighted by molar-refractivity contribution is 0.214. The van der Waals surface area contributed by atoms with Crippen LogP contribution in [0, 0.1) is 0 Å². The fourth-order valence-corrected chi connectivity index (χ4v) is 11.4. The molecule has 0 aromatic heterocycles. The highest BCUT2D eigenvalue weighted by Crippen LogP contribution is 2.69. The van der Waals surface area contributed by atoms with Crippen LogP contribution in [0.1, 0.15) is 167 Å². The highest BCUT2D eigenvalue weighted by Gasteiger charge is 2.45. The molecule has 0 amide bonds. The Morgan fingerprint density at radius 1 is 0.446 bits per heavy atom. The monoisotopic (exact) mass is 818 g/mol. The molecule has 3 aromatic rings. The maximum Gasteiger partial charge on any atom is 0.342 e. The van der Waals surface area contributed by atoms with Crippen LogP contribution in [0.15, 0.2) is 36.4 Å². The summed E-state index contributed by atoms with van der Waals surface area (Å²) in [7, 11) is -8.43. The molecule has 3 aromatic carbocycles. The number of phenols is 4. The summed E-state index contributed by atoms with van der Waals surface area (Å²) in [6.45, 7) is 30.4. The minimum atomic E-state index is -4.22. The second kappa shape index (κ2) is 17.2. The first-order chi connectivity index (χ1) is 25.5. The summed E-state index contributed by atoms with van der Waals surface area (Å²) in [4.78, 5) is 0. The van der Waals surface area contributed by atoms with Gasteiger partial charge >= 0.3 is 15.2 Å². The van der Waals surface area contributed by atoms with E-state index in [1.54, 1.807) is 52.0 Å². The molecule has 12 heteroatoms. The first-order valence-electron chi connectivity index (χ1n) is 19.6. The molecule has 0 fully saturated rings. The summed E-state index contributed by atoms with van der Waals surface area (Å²) in [5, 5.41) is 47.0. The Kier molecular flexibility index (Phi) is 14.6. The Bertz CT molecular complexity index is 1730. The third-order valence-electron chi connectivity index (χ3n) is 9.76. The van der Waals surface area contributed by atoms with Gasteiger partial charge in [0.05, 0.1) is 26.4 Å². The van der Waals surface area contributed by atoms with Crippen molar-refractivity contribution in [2.24, 2.45) is 0 Å². The van der Waals surface area contributed by atoms with E-state index in [0.717, 1.165) is 6.07 Å². The predicted octanol–water partition coefficient (Wildman–Crippen LogP) is 12.4. The highest BCUT2D eigenvalue weighted by molar-refractivity contribution is 7.55. The molecular formula is C44H68O10P2. The molecule has 0 aliphatic heterocycles. The van der Waals surface area contributed by atoms with Crippen molar-refractivity contribution >= 4 is 15.2 Å². The molecule has 10 nitrogen and oxygen atoms in total. The fraction of sp³-hybridized carbons (Fsp3) is 0.591. The van der Waals surface area contributed by atoms with Crippen LogP contribution >= 0.6 is 15.2 Å². The maximum absolute atomic E-state index is 15.2. The van der Waals surface area contributed by atoms with Gasteiger partial charge in [-0.2, -0.15) is 0 Å². The number of hydrogen-bond donors (Lipinski definition) is 4. The van der Waals surface area contributed by atoms with Crippen LogP contribution in [-0.4, -0.2) is 46.9 Å². The van der Waals surface area contributed by atoms with Crippen molar-refractivity contribution < 1.29 is 47.7 Å². The molecule has 0 bridgehead atoms. The van der Waals surface area contributed by atoms with Gasteiger partial charge in [0.15, 0.2) is 0 Å². The summed E-state index contributed by atoms with van der Waals surface area (Å²) in [5.74, 6) is -0.596. The van der Waals surface area contributed by atoms with Gasteiger partial charge in [-0.15, -0.1) is 0 Å². The van der Waals surface area contributed by atoms with Gasteiger partial charge in [-0.3, -0.25) is 9.13 Å². The van der Waals surface area contributed by atoms with Crippen molar-refractivity contribution in [2.75, 3.05) is 26.4 Å². The summed E-state index contributed by atoms with van der Waals surface area (Å²) < 4.78 is 54.6. The molecule has 2 atom stereocenters. The van der Waals surface area contributed by atoms with Gasteiger partial charge in [0.25, 0.3) is 0 Å². The Morgan fingerprint density at radius 3 is 0.875 bits per heavy atom. The van der Waals surface area contributed by atoms with Crippen LogP contribution < -0.4 is 0 Å². The van der Waals surface area contributed by atoms with Crippen molar-refractivity contribution in [2.45, 2.75) is 144 Å². The quantitative estimate of drug-likeness (QED) is 0.116. The molecule has 3 rings (SSSR count). The van der Waals surface area contributed by atoms with Gasteiger partial charge in [-0.25, -0.2) is 0 Å². The zero-order valence-corrected chi connectivity index (χ0v) is 38.4. The molecular weight excluding hydrogens is 750 g/mol. The van der Waals surface area contributed by atoms with Crippen LogP contribution in [-0.2, 0) is 48.9 Å². The summed E-state index contributed by atoms with van der Waals surface area (Å²) in [6.07, 6.45) is 0. The van der Waals surface area contributed by atoms with Crippen molar-refractivity contribution in [3.63, 3.8) is 0 Å². The van der Waals surface area contributed by atoms with Crippen LogP contribution in [0.3, 0.4) is 0 Å². The van der Waals surface area contributed by atoms with Crippen LogP contribution in [0.25, 0.3) is 0 Å². The molecule has 4 N–H and O–H groups in total. The Morgan fingerprint density at radius 2 is 0.679 bits per heavy atom. The summed E-state index contributed by atoms with van der Waals surface area (Å²) in [6, 6.07) is 9.68. The van der Waals surface area contributed by atoms with E-state index in [2.05, 4.69) is 0 Å². The molecule has 314 valence electrons. The third-order valence-corrected chi connectivity index (χ3v) is 14.7. The third kappa shape index (κ3) is 10.1. The van der Waals surface area contributed by atoms with Crippen LogP contribution in [0.5, 0.6) is 23.0 Å². The molecule has 56 heavy (non-hydrogen) atoms. The lowest BCUT2D eigenvalue weighted by atomic mass is 9.77. The molecule has 0 radical (unpaired) electrons. The van der Waals surface area contributed by atoms with Crippen LogP contribution in [0.2, 0.25) is 0 Å². The van der Waals surface area contributed by atoms with E-state index in [9.17, 15) is 20.4 Å². The van der Waals surface area contributed by atoms with Gasteiger partial charge in [0.1, 0.15) is 34.3 Å². The maximum atomic E-state index is 15.2. The minimum absolute atomic E-state index is 0.0149. The van der Waals surface area contributed by atoms with Gasteiger partial charge in [-0.05, 0) is 88.8 Å². The number of hydrogen-bond acceptors (Lipinski definition) is 10. The van der Waals surface area contributed by atoms with E-state index in [-0.39, 0.29) is 49.1 Å². The van der Waals surface area contributed by atoms with E-state index in [1.807, 2.05) is 83.1 Å². The number of rotatable bonds is 14. The SMILES string of the molecule is CCOP(=O)(OCC)C(c1cc(C(C)(C)C)c(O)c(C(C)(C)C)c1)c1cc(C(c2cc(C(C)(C)C)c(O)c(C(C)(C)C)c2)P(=O)(OCC)OCC)c(O)cc1O. The van der Waals surface area contributed by atoms with Crippen molar-refractivity contribution in [3.8, 4) is 23.0 Å². The van der Waals surface area contributed by atoms with E-state index in [1.165, 1.54) is 6.07 Å². The van der Waals surface area contributed by atoms with Gasteiger partial charge in [-0.1, -0.05) is 107 Å². The van der Waals surface area contributed by atoms with Crippen molar-refractivity contribution in [1.82, 2.24) is 0 Å². The molecule has 0 spiro atoms. The molecule has 0 heterocycles. The minimum Gasteiger partial charge on any atom is -0.507 e. The first kappa shape index (κ1) is 47.5. The average molecular weight is 819 g/mol. The second-order valence-electron chi connectivity index (χ2n) is 18.5. The van der Waals surface area contributed by atoms with Crippen molar-refractivity contribution in [1.29, 1.82) is 0 Å². The van der Waals surface area contributed by atoms with E-state index in [4.69, 9.17) is 18.1 Å². The van der Waals surface area contributed by atoms with E-state index < -0.39 is 59.7 Å². The number of benzene rings is 3. The molecule has 0 aliphatic carbocycles. The Labute approximate surface area is 336 Å². The lowest BCUT2D eigenvalue weighted by Gasteiger charge is -2.34. The van der Waals surface area contributed by atoms with Crippen molar-refractivity contribution in [3.05, 3.63) is 80.9 Å². The smallest absolute Gasteiger partial charge is 0.342 e.